The standard InChI is InChI=1S/C19H22N4O2/c24-18-4-3-17(19(25)21-18)23-8-12-1-2-16(5-13(12)9-23)22-10-14-6-20-7-15(14)11-22/h1-2,5,8-9,14-15,17,20H,3-4,6-7,10-11H2,(H,21,24,25). The van der Waals surface area contributed by atoms with Gasteiger partial charge in [0.05, 0.1) is 0 Å². The minimum Gasteiger partial charge on any atom is -0.371 e. The molecule has 6 nitrogen and oxygen atoms in total. The summed E-state index contributed by atoms with van der Waals surface area (Å²) in [4.78, 5) is 25.9. The third-order valence-corrected chi connectivity index (χ3v) is 5.97. The smallest absolute Gasteiger partial charge is 0.249 e. The SMILES string of the molecule is O=C1CCC(n2cc3ccc(N4CC5CNCC5C4)cc3c2)C(=O)N1. The van der Waals surface area contributed by atoms with Crippen molar-refractivity contribution >= 4 is 28.3 Å². The molecule has 130 valence electrons. The predicted octanol–water partition coefficient (Wildman–Crippen LogP) is 1.27. The Morgan fingerprint density at radius 2 is 1.76 bits per heavy atom. The molecule has 3 unspecified atom stereocenters. The number of hydrogen-bond donors (Lipinski definition) is 2. The van der Waals surface area contributed by atoms with Crippen molar-refractivity contribution in [2.24, 2.45) is 11.8 Å². The van der Waals surface area contributed by atoms with E-state index in [-0.39, 0.29) is 17.9 Å². The maximum atomic E-state index is 12.1. The number of carbonyl (C=O) groups is 2. The Bertz CT molecular complexity index is 846. The summed E-state index contributed by atoms with van der Waals surface area (Å²) < 4.78 is 1.96. The van der Waals surface area contributed by atoms with Gasteiger partial charge in [-0.1, -0.05) is 6.07 Å². The van der Waals surface area contributed by atoms with Gasteiger partial charge in [-0.15, -0.1) is 0 Å². The van der Waals surface area contributed by atoms with Gasteiger partial charge in [0.15, 0.2) is 0 Å². The molecule has 6 heteroatoms. The highest BCUT2D eigenvalue weighted by Gasteiger charge is 2.36. The molecule has 3 aliphatic heterocycles. The van der Waals surface area contributed by atoms with Crippen LogP contribution in [0.3, 0.4) is 0 Å². The molecule has 3 aliphatic rings. The lowest BCUT2D eigenvalue weighted by Crippen LogP contribution is -2.41. The molecule has 1 aromatic heterocycles. The average Bonchev–Trinajstić information content (AvgIpc) is 3.27. The van der Waals surface area contributed by atoms with Crippen molar-refractivity contribution in [3.05, 3.63) is 30.6 Å². The molecule has 25 heavy (non-hydrogen) atoms. The second-order valence-electron chi connectivity index (χ2n) is 7.57. The third-order valence-electron chi connectivity index (χ3n) is 5.97. The number of rotatable bonds is 2. The molecule has 0 aliphatic carbocycles. The zero-order valence-corrected chi connectivity index (χ0v) is 14.1. The normalized spacial score (nSPS) is 29.3. The van der Waals surface area contributed by atoms with Crippen molar-refractivity contribution in [2.45, 2.75) is 18.9 Å². The Morgan fingerprint density at radius 1 is 1.00 bits per heavy atom. The minimum atomic E-state index is -0.286. The highest BCUT2D eigenvalue weighted by atomic mass is 16.2. The van der Waals surface area contributed by atoms with E-state index in [0.29, 0.717) is 12.8 Å². The molecule has 5 rings (SSSR count). The lowest BCUT2D eigenvalue weighted by molar-refractivity contribution is -0.135. The van der Waals surface area contributed by atoms with Crippen LogP contribution in [-0.4, -0.2) is 42.6 Å². The lowest BCUT2D eigenvalue weighted by Gasteiger charge is -2.22. The van der Waals surface area contributed by atoms with Gasteiger partial charge < -0.3 is 14.8 Å². The summed E-state index contributed by atoms with van der Waals surface area (Å²) in [7, 11) is 0. The number of nitrogens with one attached hydrogen (secondary N) is 2. The van der Waals surface area contributed by atoms with E-state index in [1.54, 1.807) is 0 Å². The molecular weight excluding hydrogens is 316 g/mol. The Kier molecular flexibility index (Phi) is 3.35. The Morgan fingerprint density at radius 3 is 2.52 bits per heavy atom. The van der Waals surface area contributed by atoms with Gasteiger partial charge in [0, 0.05) is 56.1 Å². The van der Waals surface area contributed by atoms with E-state index in [1.165, 1.54) is 5.69 Å². The number of benzene rings is 1. The van der Waals surface area contributed by atoms with Crippen molar-refractivity contribution in [2.75, 3.05) is 31.1 Å². The first-order chi connectivity index (χ1) is 12.2. The summed E-state index contributed by atoms with van der Waals surface area (Å²) >= 11 is 0. The summed E-state index contributed by atoms with van der Waals surface area (Å²) in [6.45, 7) is 4.51. The minimum absolute atomic E-state index is 0.172. The van der Waals surface area contributed by atoms with Crippen LogP contribution in [0.25, 0.3) is 10.8 Å². The maximum Gasteiger partial charge on any atom is 0.249 e. The number of imide groups is 1. The quantitative estimate of drug-likeness (QED) is 0.810. The average molecular weight is 338 g/mol. The molecule has 2 aromatic rings. The molecular formula is C19H22N4O2. The van der Waals surface area contributed by atoms with Crippen molar-refractivity contribution in [3.63, 3.8) is 0 Å². The van der Waals surface area contributed by atoms with E-state index < -0.39 is 0 Å². The number of amides is 2. The Labute approximate surface area is 146 Å². The molecule has 4 heterocycles. The summed E-state index contributed by atoms with van der Waals surface area (Å²) in [6, 6.07) is 6.27. The van der Waals surface area contributed by atoms with Gasteiger partial charge in [-0.3, -0.25) is 14.9 Å². The number of carbonyl (C=O) groups excluding carboxylic acids is 2. The first kappa shape index (κ1) is 15.0. The van der Waals surface area contributed by atoms with Gasteiger partial charge in [-0.2, -0.15) is 0 Å². The summed E-state index contributed by atoms with van der Waals surface area (Å²) in [5, 5.41) is 8.20. The number of anilines is 1. The number of piperidine rings is 1. The van der Waals surface area contributed by atoms with E-state index in [2.05, 4.69) is 33.7 Å². The number of aromatic nitrogens is 1. The summed E-state index contributed by atoms with van der Waals surface area (Å²) in [5.41, 5.74) is 1.27. The van der Waals surface area contributed by atoms with Crippen LogP contribution < -0.4 is 15.5 Å². The summed E-state index contributed by atoms with van der Waals surface area (Å²) in [5.74, 6) is 1.17. The van der Waals surface area contributed by atoms with Gasteiger partial charge in [0.25, 0.3) is 0 Å². The highest BCUT2D eigenvalue weighted by molar-refractivity contribution is 5.99. The van der Waals surface area contributed by atoms with E-state index >= 15 is 0 Å². The molecule has 3 saturated heterocycles. The van der Waals surface area contributed by atoms with Crippen LogP contribution in [0.1, 0.15) is 18.9 Å². The van der Waals surface area contributed by atoms with E-state index in [4.69, 9.17) is 0 Å². The number of fused-ring (bicyclic) bond motifs is 2. The van der Waals surface area contributed by atoms with Crippen molar-refractivity contribution in [1.29, 1.82) is 0 Å². The van der Waals surface area contributed by atoms with Gasteiger partial charge in [-0.25, -0.2) is 0 Å². The van der Waals surface area contributed by atoms with Crippen molar-refractivity contribution < 1.29 is 9.59 Å². The largest absolute Gasteiger partial charge is 0.371 e. The molecule has 2 N–H and O–H groups in total. The highest BCUT2D eigenvalue weighted by Crippen LogP contribution is 2.33. The van der Waals surface area contributed by atoms with Crippen LogP contribution in [0.4, 0.5) is 5.69 Å². The Hall–Kier alpha value is -2.34. The van der Waals surface area contributed by atoms with Gasteiger partial charge in [0.2, 0.25) is 11.8 Å². The van der Waals surface area contributed by atoms with Crippen LogP contribution in [0, 0.1) is 11.8 Å². The van der Waals surface area contributed by atoms with Crippen molar-refractivity contribution in [1.82, 2.24) is 15.2 Å². The lowest BCUT2D eigenvalue weighted by atomic mass is 10.0. The molecule has 1 aromatic carbocycles. The maximum absolute atomic E-state index is 12.1. The second-order valence-corrected chi connectivity index (χ2v) is 7.57. The number of nitrogens with zero attached hydrogens (tertiary/aromatic N) is 2. The van der Waals surface area contributed by atoms with Crippen LogP contribution >= 0.6 is 0 Å². The summed E-state index contributed by atoms with van der Waals surface area (Å²) in [6.07, 6.45) is 5.03. The third kappa shape index (κ3) is 2.52. The monoisotopic (exact) mass is 338 g/mol. The van der Waals surface area contributed by atoms with Gasteiger partial charge >= 0.3 is 0 Å². The molecule has 3 fully saturated rings. The van der Waals surface area contributed by atoms with Gasteiger partial charge in [0.1, 0.15) is 6.04 Å². The van der Waals surface area contributed by atoms with Crippen LogP contribution in [0.2, 0.25) is 0 Å². The fourth-order valence-corrected chi connectivity index (χ4v) is 4.56. The number of hydrogen-bond acceptors (Lipinski definition) is 4. The zero-order chi connectivity index (χ0) is 17.0. The van der Waals surface area contributed by atoms with Crippen molar-refractivity contribution in [3.8, 4) is 0 Å². The molecule has 0 bridgehead atoms. The van der Waals surface area contributed by atoms with Crippen LogP contribution in [0.5, 0.6) is 0 Å². The zero-order valence-electron chi connectivity index (χ0n) is 14.1. The van der Waals surface area contributed by atoms with Crippen LogP contribution in [-0.2, 0) is 9.59 Å². The van der Waals surface area contributed by atoms with Crippen LogP contribution in [0.15, 0.2) is 30.6 Å². The molecule has 0 spiro atoms. The topological polar surface area (TPSA) is 66.4 Å². The van der Waals surface area contributed by atoms with E-state index in [1.807, 2.05) is 17.0 Å². The molecule has 2 amide bonds. The first-order valence-corrected chi connectivity index (χ1v) is 9.08. The van der Waals surface area contributed by atoms with E-state index in [9.17, 15) is 9.59 Å². The molecule has 0 radical (unpaired) electrons. The fraction of sp³-hybridized carbons (Fsp3) is 0.474. The molecule has 3 atom stereocenters. The molecule has 0 saturated carbocycles. The fourth-order valence-electron chi connectivity index (χ4n) is 4.56. The van der Waals surface area contributed by atoms with E-state index in [0.717, 1.165) is 48.8 Å². The Balaban J connectivity index is 1.41. The van der Waals surface area contributed by atoms with Gasteiger partial charge in [-0.05, 0) is 35.8 Å². The second kappa shape index (κ2) is 5.59. The predicted molar refractivity (Wildman–Crippen MR) is 95.4 cm³/mol. The first-order valence-electron chi connectivity index (χ1n) is 9.08.